The van der Waals surface area contributed by atoms with E-state index in [1.165, 1.54) is 6.20 Å². The zero-order chi connectivity index (χ0) is 23.6. The Bertz CT molecular complexity index is 1170. The van der Waals surface area contributed by atoms with E-state index >= 15 is 0 Å². The quantitative estimate of drug-likeness (QED) is 0.598. The van der Waals surface area contributed by atoms with Gasteiger partial charge in [-0.15, -0.1) is 0 Å². The molecule has 0 aliphatic carbocycles. The van der Waals surface area contributed by atoms with Crippen LogP contribution in [0.4, 0.5) is 24.7 Å². The highest BCUT2D eigenvalue weighted by atomic mass is 35.5. The molecule has 1 fully saturated rings. The summed E-state index contributed by atoms with van der Waals surface area (Å²) in [6, 6.07) is 5.72. The van der Waals surface area contributed by atoms with Gasteiger partial charge >= 0.3 is 6.18 Å². The van der Waals surface area contributed by atoms with E-state index in [0.29, 0.717) is 19.3 Å². The molecule has 4 heterocycles. The van der Waals surface area contributed by atoms with Crippen molar-refractivity contribution in [1.82, 2.24) is 19.7 Å². The molecule has 1 saturated heterocycles. The van der Waals surface area contributed by atoms with Gasteiger partial charge in [0.05, 0.1) is 30.2 Å². The molecule has 1 atom stereocenters. The van der Waals surface area contributed by atoms with Gasteiger partial charge < -0.3 is 15.0 Å². The van der Waals surface area contributed by atoms with Gasteiger partial charge in [0, 0.05) is 32.0 Å². The third kappa shape index (κ3) is 5.25. The van der Waals surface area contributed by atoms with Crippen LogP contribution in [0.15, 0.2) is 47.7 Å². The number of hydrogen-bond acceptors (Lipinski definition) is 7. The second-order valence-electron chi connectivity index (χ2n) is 7.50. The van der Waals surface area contributed by atoms with E-state index in [2.05, 4.69) is 25.3 Å². The molecular formula is C21H20ClF3N6O2. The number of morpholine rings is 1. The van der Waals surface area contributed by atoms with Gasteiger partial charge in [-0.3, -0.25) is 4.79 Å². The third-order valence-electron chi connectivity index (χ3n) is 5.07. The summed E-state index contributed by atoms with van der Waals surface area (Å²) in [7, 11) is 0. The molecule has 1 aliphatic rings. The van der Waals surface area contributed by atoms with E-state index in [-0.39, 0.29) is 22.6 Å². The molecule has 0 saturated carbocycles. The molecule has 8 nitrogen and oxygen atoms in total. The van der Waals surface area contributed by atoms with Crippen molar-refractivity contribution >= 4 is 23.1 Å². The number of hydrogen-bond donors (Lipinski definition) is 1. The van der Waals surface area contributed by atoms with Crippen LogP contribution in [0.25, 0.3) is 5.82 Å². The van der Waals surface area contributed by atoms with Gasteiger partial charge in [0.1, 0.15) is 10.8 Å². The zero-order valence-electron chi connectivity index (χ0n) is 17.5. The molecule has 0 amide bonds. The molecule has 3 aromatic rings. The van der Waals surface area contributed by atoms with Crippen LogP contribution in [0.3, 0.4) is 0 Å². The lowest BCUT2D eigenvalue weighted by Crippen LogP contribution is -2.41. The van der Waals surface area contributed by atoms with Gasteiger partial charge in [-0.25, -0.2) is 9.97 Å². The average molecular weight is 481 g/mol. The molecule has 4 rings (SSSR count). The number of rotatable bonds is 5. The molecule has 1 unspecified atom stereocenters. The summed E-state index contributed by atoms with van der Waals surface area (Å²) < 4.78 is 44.5. The Morgan fingerprint density at radius 2 is 1.91 bits per heavy atom. The van der Waals surface area contributed by atoms with Crippen LogP contribution in [-0.4, -0.2) is 45.5 Å². The standard InChI is InChI=1S/C21H20ClF3N6O2/c1-13-12-30(6-7-33-13)17-4-2-14(9-27-17)8-26-16-11-29-31(20(32)19(16)22)18-5-3-15(10-28-18)21(23,24)25/h2-5,9-11,13,26H,6-8,12H2,1H3. The van der Waals surface area contributed by atoms with E-state index in [0.717, 1.165) is 41.3 Å². The first kappa shape index (κ1) is 23.0. The van der Waals surface area contributed by atoms with Gasteiger partial charge in [0.15, 0.2) is 5.82 Å². The van der Waals surface area contributed by atoms with Crippen LogP contribution in [0.2, 0.25) is 5.02 Å². The minimum Gasteiger partial charge on any atom is -0.378 e. The van der Waals surface area contributed by atoms with Crippen molar-refractivity contribution in [2.75, 3.05) is 29.9 Å². The Kier molecular flexibility index (Phi) is 6.52. The minimum absolute atomic E-state index is 0.0707. The number of ether oxygens (including phenoxy) is 1. The van der Waals surface area contributed by atoms with Gasteiger partial charge in [-0.2, -0.15) is 23.0 Å². The molecular weight excluding hydrogens is 461 g/mol. The second-order valence-corrected chi connectivity index (χ2v) is 7.88. The lowest BCUT2D eigenvalue weighted by molar-refractivity contribution is -0.137. The van der Waals surface area contributed by atoms with Gasteiger partial charge in [-0.1, -0.05) is 17.7 Å². The highest BCUT2D eigenvalue weighted by molar-refractivity contribution is 6.32. The molecule has 174 valence electrons. The van der Waals surface area contributed by atoms with Crippen molar-refractivity contribution in [2.24, 2.45) is 0 Å². The fraction of sp³-hybridized carbons (Fsp3) is 0.333. The summed E-state index contributed by atoms with van der Waals surface area (Å²) >= 11 is 6.18. The predicted octanol–water partition coefficient (Wildman–Crippen LogP) is 3.53. The maximum Gasteiger partial charge on any atom is 0.417 e. The molecule has 12 heteroatoms. The molecule has 1 aliphatic heterocycles. The summed E-state index contributed by atoms with van der Waals surface area (Å²) in [4.78, 5) is 22.9. The smallest absolute Gasteiger partial charge is 0.378 e. The Balaban J connectivity index is 1.44. The van der Waals surface area contributed by atoms with Crippen molar-refractivity contribution in [3.63, 3.8) is 0 Å². The first-order valence-electron chi connectivity index (χ1n) is 10.1. The Morgan fingerprint density at radius 1 is 1.15 bits per heavy atom. The third-order valence-corrected chi connectivity index (χ3v) is 5.43. The number of aromatic nitrogens is 4. The number of pyridine rings is 2. The summed E-state index contributed by atoms with van der Waals surface area (Å²) in [5.74, 6) is 0.791. The first-order chi connectivity index (χ1) is 15.7. The van der Waals surface area contributed by atoms with E-state index in [9.17, 15) is 18.0 Å². The highest BCUT2D eigenvalue weighted by Gasteiger charge is 2.30. The van der Waals surface area contributed by atoms with E-state index < -0.39 is 17.3 Å². The van der Waals surface area contributed by atoms with Crippen LogP contribution >= 0.6 is 11.6 Å². The lowest BCUT2D eigenvalue weighted by Gasteiger charge is -2.32. The fourth-order valence-corrected chi connectivity index (χ4v) is 3.53. The normalized spacial score (nSPS) is 16.6. The van der Waals surface area contributed by atoms with E-state index in [1.54, 1.807) is 6.20 Å². The maximum atomic E-state index is 12.7. The van der Waals surface area contributed by atoms with Crippen molar-refractivity contribution < 1.29 is 17.9 Å². The Morgan fingerprint density at radius 3 is 2.55 bits per heavy atom. The summed E-state index contributed by atoms with van der Waals surface area (Å²) in [5.41, 5.74) is -0.476. The molecule has 0 aromatic carbocycles. The lowest BCUT2D eigenvalue weighted by atomic mass is 10.2. The second kappa shape index (κ2) is 9.36. The van der Waals surface area contributed by atoms with Crippen LogP contribution in [-0.2, 0) is 17.5 Å². The number of nitrogens with one attached hydrogen (secondary N) is 1. The summed E-state index contributed by atoms with van der Waals surface area (Å²) in [6.45, 7) is 4.57. The van der Waals surface area contributed by atoms with Crippen molar-refractivity contribution in [2.45, 2.75) is 25.7 Å². The number of alkyl halides is 3. The molecule has 1 N–H and O–H groups in total. The van der Waals surface area contributed by atoms with Gasteiger partial charge in [0.2, 0.25) is 0 Å². The largest absolute Gasteiger partial charge is 0.417 e. The highest BCUT2D eigenvalue weighted by Crippen LogP contribution is 2.28. The fourth-order valence-electron chi connectivity index (χ4n) is 3.33. The van der Waals surface area contributed by atoms with Crippen molar-refractivity contribution in [3.05, 3.63) is 69.4 Å². The number of halogens is 4. The Hall–Kier alpha value is -3.18. The first-order valence-corrected chi connectivity index (χ1v) is 10.5. The molecule has 0 radical (unpaired) electrons. The van der Waals surface area contributed by atoms with Gasteiger partial charge in [-0.05, 0) is 30.7 Å². The summed E-state index contributed by atoms with van der Waals surface area (Å²) in [6.07, 6.45) is -0.686. The van der Waals surface area contributed by atoms with Crippen LogP contribution in [0, 0.1) is 0 Å². The van der Waals surface area contributed by atoms with Crippen molar-refractivity contribution in [1.29, 1.82) is 0 Å². The zero-order valence-corrected chi connectivity index (χ0v) is 18.3. The Labute approximate surface area is 192 Å². The SMILES string of the molecule is CC1CN(c2ccc(CNc3cnn(-c4ccc(C(F)(F)F)cn4)c(=O)c3Cl)cn2)CCO1. The molecule has 0 bridgehead atoms. The van der Waals surface area contributed by atoms with Gasteiger partial charge in [0.25, 0.3) is 5.56 Å². The van der Waals surface area contributed by atoms with Crippen molar-refractivity contribution in [3.8, 4) is 5.82 Å². The van der Waals surface area contributed by atoms with E-state index in [4.69, 9.17) is 16.3 Å². The average Bonchev–Trinajstić information content (AvgIpc) is 2.80. The monoisotopic (exact) mass is 480 g/mol. The summed E-state index contributed by atoms with van der Waals surface area (Å²) in [5, 5.41) is 6.85. The molecule has 33 heavy (non-hydrogen) atoms. The molecule has 0 spiro atoms. The van der Waals surface area contributed by atoms with Crippen LogP contribution in [0.5, 0.6) is 0 Å². The molecule has 3 aromatic heterocycles. The number of nitrogens with zero attached hydrogens (tertiary/aromatic N) is 5. The number of anilines is 2. The van der Waals surface area contributed by atoms with E-state index in [1.807, 2.05) is 19.1 Å². The predicted molar refractivity (Wildman–Crippen MR) is 117 cm³/mol. The van der Waals surface area contributed by atoms with Crippen LogP contribution < -0.4 is 15.8 Å². The topological polar surface area (TPSA) is 85.2 Å². The minimum atomic E-state index is -4.52. The maximum absolute atomic E-state index is 12.7. The van der Waals surface area contributed by atoms with Crippen LogP contribution in [0.1, 0.15) is 18.1 Å².